The van der Waals surface area contributed by atoms with E-state index in [4.69, 9.17) is 0 Å². The molecule has 0 atom stereocenters. The number of quaternary nitrogens is 1. The van der Waals surface area contributed by atoms with E-state index in [0.717, 1.165) is 10.5 Å². The van der Waals surface area contributed by atoms with E-state index in [1.807, 2.05) is 0 Å². The third-order valence-corrected chi connectivity index (χ3v) is 2.20. The van der Waals surface area contributed by atoms with Gasteiger partial charge in [0.25, 0.3) is 0 Å². The number of rotatable bonds is 3. The molecule has 9 heavy (non-hydrogen) atoms. The summed E-state index contributed by atoms with van der Waals surface area (Å²) in [5, 5.41) is 0. The van der Waals surface area contributed by atoms with E-state index < -0.39 is 0 Å². The summed E-state index contributed by atoms with van der Waals surface area (Å²) >= 11 is 0. The molecule has 0 aliphatic carbocycles. The minimum absolute atomic E-state index is 0.755. The highest BCUT2D eigenvalue weighted by atomic mass is 15.3. The van der Waals surface area contributed by atoms with Crippen LogP contribution in [-0.4, -0.2) is 31.2 Å². The van der Waals surface area contributed by atoms with Crippen LogP contribution in [0.3, 0.4) is 0 Å². The van der Waals surface area contributed by atoms with E-state index in [0.29, 0.717) is 0 Å². The van der Waals surface area contributed by atoms with Gasteiger partial charge in [-0.1, -0.05) is 6.92 Å². The van der Waals surface area contributed by atoms with Crippen LogP contribution in [0.25, 0.3) is 0 Å². The van der Waals surface area contributed by atoms with Crippen molar-refractivity contribution >= 4 is 0 Å². The van der Waals surface area contributed by atoms with Crippen LogP contribution in [0.5, 0.6) is 0 Å². The third-order valence-electron chi connectivity index (χ3n) is 2.20. The van der Waals surface area contributed by atoms with Crippen LogP contribution in [-0.2, 0) is 0 Å². The van der Waals surface area contributed by atoms with E-state index in [1.165, 1.54) is 13.0 Å². The summed E-state index contributed by atoms with van der Waals surface area (Å²) in [6, 6.07) is 0.755. The molecule has 0 bridgehead atoms. The third kappa shape index (κ3) is 2.85. The minimum Gasteiger partial charge on any atom is -0.327 e. The molecule has 0 aliphatic rings. The lowest BCUT2D eigenvalue weighted by Gasteiger charge is -2.33. The molecule has 0 spiro atoms. The lowest BCUT2D eigenvalue weighted by Crippen LogP contribution is -2.46. The van der Waals surface area contributed by atoms with Crippen molar-refractivity contribution in [3.63, 3.8) is 0 Å². The van der Waals surface area contributed by atoms with Crippen molar-refractivity contribution in [2.45, 2.75) is 33.2 Å². The van der Waals surface area contributed by atoms with Gasteiger partial charge in [0.15, 0.2) is 0 Å². The molecule has 0 rings (SSSR count). The van der Waals surface area contributed by atoms with Gasteiger partial charge in [-0.3, -0.25) is 0 Å². The fourth-order valence-electron chi connectivity index (χ4n) is 0.835. The highest BCUT2D eigenvalue weighted by molar-refractivity contribution is 4.38. The molecular weight excluding hydrogens is 110 g/mol. The van der Waals surface area contributed by atoms with E-state index in [-0.39, 0.29) is 0 Å². The van der Waals surface area contributed by atoms with Gasteiger partial charge in [-0.2, -0.15) is 0 Å². The Morgan fingerprint density at radius 3 is 1.78 bits per heavy atom. The summed E-state index contributed by atoms with van der Waals surface area (Å²) in [6.07, 6.45) is 1.28. The van der Waals surface area contributed by atoms with Gasteiger partial charge in [0, 0.05) is 0 Å². The first-order valence-corrected chi connectivity index (χ1v) is 3.83. The summed E-state index contributed by atoms with van der Waals surface area (Å²) < 4.78 is 1.15. The molecule has 0 amide bonds. The van der Waals surface area contributed by atoms with Crippen molar-refractivity contribution in [1.82, 2.24) is 0 Å². The SMILES string of the molecule is CCC[N+](C)(C)C(C)C. The minimum atomic E-state index is 0.755. The van der Waals surface area contributed by atoms with Gasteiger partial charge in [-0.25, -0.2) is 0 Å². The van der Waals surface area contributed by atoms with Crippen LogP contribution in [0.15, 0.2) is 0 Å². The first-order valence-electron chi connectivity index (χ1n) is 3.83. The quantitative estimate of drug-likeness (QED) is 0.512. The largest absolute Gasteiger partial charge is 0.327 e. The normalized spacial score (nSPS) is 12.7. The van der Waals surface area contributed by atoms with Gasteiger partial charge in [0.05, 0.1) is 26.7 Å². The molecule has 1 nitrogen and oxygen atoms in total. The summed E-state index contributed by atoms with van der Waals surface area (Å²) in [5.74, 6) is 0. The van der Waals surface area contributed by atoms with Crippen LogP contribution < -0.4 is 0 Å². The van der Waals surface area contributed by atoms with E-state index >= 15 is 0 Å². The van der Waals surface area contributed by atoms with Crippen molar-refractivity contribution in [3.8, 4) is 0 Å². The van der Waals surface area contributed by atoms with Crippen LogP contribution in [0, 0.1) is 0 Å². The Morgan fingerprint density at radius 1 is 1.22 bits per heavy atom. The predicted molar refractivity (Wildman–Crippen MR) is 42.4 cm³/mol. The molecule has 0 heterocycles. The molecule has 0 radical (unpaired) electrons. The molecule has 0 saturated carbocycles. The number of hydrogen-bond acceptors (Lipinski definition) is 0. The number of nitrogens with zero attached hydrogens (tertiary/aromatic N) is 1. The molecule has 0 aromatic carbocycles. The lowest BCUT2D eigenvalue weighted by molar-refractivity contribution is -0.911. The van der Waals surface area contributed by atoms with Gasteiger partial charge in [-0.05, 0) is 20.3 Å². The predicted octanol–water partition coefficient (Wildman–Crippen LogP) is 1.88. The average Bonchev–Trinajstić information content (AvgIpc) is 1.65. The standard InChI is InChI=1S/C8H20N/c1-6-7-9(4,5)8(2)3/h8H,6-7H2,1-5H3/q+1. The molecule has 0 aromatic heterocycles. The highest BCUT2D eigenvalue weighted by Gasteiger charge is 2.16. The molecule has 0 unspecified atom stereocenters. The van der Waals surface area contributed by atoms with E-state index in [2.05, 4.69) is 34.9 Å². The zero-order valence-corrected chi connectivity index (χ0v) is 7.44. The van der Waals surface area contributed by atoms with Gasteiger partial charge in [0.1, 0.15) is 0 Å². The molecule has 56 valence electrons. The fourth-order valence-corrected chi connectivity index (χ4v) is 0.835. The molecule has 0 saturated heterocycles. The lowest BCUT2D eigenvalue weighted by atomic mass is 10.2. The first-order chi connectivity index (χ1) is 4.00. The molecule has 0 N–H and O–H groups in total. The van der Waals surface area contributed by atoms with Crippen molar-refractivity contribution in [3.05, 3.63) is 0 Å². The van der Waals surface area contributed by atoms with Crippen LogP contribution in [0.1, 0.15) is 27.2 Å². The topological polar surface area (TPSA) is 0 Å². The second kappa shape index (κ2) is 3.21. The Morgan fingerprint density at radius 2 is 1.67 bits per heavy atom. The summed E-state index contributed by atoms with van der Waals surface area (Å²) in [6.45, 7) is 8.07. The van der Waals surface area contributed by atoms with Crippen molar-refractivity contribution < 1.29 is 4.48 Å². The molecule has 0 fully saturated rings. The molecular formula is C8H20N+. The van der Waals surface area contributed by atoms with Gasteiger partial charge >= 0.3 is 0 Å². The van der Waals surface area contributed by atoms with Crippen LogP contribution in [0.4, 0.5) is 0 Å². The Hall–Kier alpha value is -0.0400. The maximum absolute atomic E-state index is 2.29. The summed E-state index contributed by atoms with van der Waals surface area (Å²) in [4.78, 5) is 0. The van der Waals surface area contributed by atoms with Crippen molar-refractivity contribution in [2.75, 3.05) is 20.6 Å². The second-order valence-electron chi connectivity index (χ2n) is 3.60. The second-order valence-corrected chi connectivity index (χ2v) is 3.60. The maximum atomic E-state index is 2.29. The zero-order valence-electron chi connectivity index (χ0n) is 7.44. The van der Waals surface area contributed by atoms with E-state index in [9.17, 15) is 0 Å². The molecule has 0 aromatic rings. The van der Waals surface area contributed by atoms with Gasteiger partial charge in [-0.15, -0.1) is 0 Å². The number of hydrogen-bond donors (Lipinski definition) is 0. The van der Waals surface area contributed by atoms with E-state index in [1.54, 1.807) is 0 Å². The van der Waals surface area contributed by atoms with Crippen LogP contribution in [0.2, 0.25) is 0 Å². The van der Waals surface area contributed by atoms with Crippen molar-refractivity contribution in [1.29, 1.82) is 0 Å². The van der Waals surface area contributed by atoms with Crippen LogP contribution >= 0.6 is 0 Å². The Kier molecular flexibility index (Phi) is 3.20. The summed E-state index contributed by atoms with van der Waals surface area (Å²) in [5.41, 5.74) is 0. The first kappa shape index (κ1) is 8.96. The Labute approximate surface area is 59.3 Å². The summed E-state index contributed by atoms with van der Waals surface area (Å²) in [7, 11) is 4.57. The average molecular weight is 130 g/mol. The molecule has 1 heteroatoms. The van der Waals surface area contributed by atoms with Crippen molar-refractivity contribution in [2.24, 2.45) is 0 Å². The van der Waals surface area contributed by atoms with Gasteiger partial charge in [0.2, 0.25) is 0 Å². The maximum Gasteiger partial charge on any atom is 0.0829 e. The Bertz CT molecular complexity index is 74.6. The smallest absolute Gasteiger partial charge is 0.0829 e. The van der Waals surface area contributed by atoms with Gasteiger partial charge < -0.3 is 4.48 Å². The fraction of sp³-hybridized carbons (Fsp3) is 1.00. The molecule has 0 aliphatic heterocycles. The Balaban J connectivity index is 3.70. The zero-order chi connectivity index (χ0) is 7.49. The monoisotopic (exact) mass is 130 g/mol. The highest BCUT2D eigenvalue weighted by Crippen LogP contribution is 2.05.